The van der Waals surface area contributed by atoms with Gasteiger partial charge in [-0.2, -0.15) is 9.97 Å². The van der Waals surface area contributed by atoms with Gasteiger partial charge in [-0.15, -0.1) is 0 Å². The van der Waals surface area contributed by atoms with E-state index in [1.165, 1.54) is 22.5 Å². The van der Waals surface area contributed by atoms with Crippen LogP contribution in [0.3, 0.4) is 0 Å². The minimum absolute atomic E-state index is 0.337. The van der Waals surface area contributed by atoms with Crippen molar-refractivity contribution >= 4 is 48.5 Å². The van der Waals surface area contributed by atoms with Gasteiger partial charge in [0.25, 0.3) is 0 Å². The number of para-hydroxylation sites is 1. The van der Waals surface area contributed by atoms with Crippen molar-refractivity contribution in [3.05, 3.63) is 126 Å². The van der Waals surface area contributed by atoms with E-state index in [0.29, 0.717) is 10.8 Å². The first-order valence-electron chi connectivity index (χ1n) is 12.6. The smallest absolute Gasteiger partial charge is 0.356 e. The second-order valence-electron chi connectivity index (χ2n) is 9.45. The molecular formula is C33H19N3O2S. The van der Waals surface area contributed by atoms with Crippen molar-refractivity contribution in [2.24, 2.45) is 0 Å². The first-order valence-corrected chi connectivity index (χ1v) is 13.4. The summed E-state index contributed by atoms with van der Waals surface area (Å²) in [5, 5.41) is 1.87. The molecule has 0 fully saturated rings. The van der Waals surface area contributed by atoms with Crippen molar-refractivity contribution in [2.75, 3.05) is 0 Å². The number of aromatic nitrogens is 3. The number of furan rings is 1. The molecule has 0 saturated carbocycles. The van der Waals surface area contributed by atoms with E-state index in [9.17, 15) is 4.79 Å². The average molecular weight is 522 g/mol. The molecule has 0 aliphatic carbocycles. The minimum atomic E-state index is -0.337. The Bertz CT molecular complexity index is 2240. The van der Waals surface area contributed by atoms with Crippen molar-refractivity contribution in [1.82, 2.24) is 14.4 Å². The summed E-state index contributed by atoms with van der Waals surface area (Å²) in [6.07, 6.45) is 0. The molecule has 0 bridgehead atoms. The number of rotatable bonds is 3. The van der Waals surface area contributed by atoms with Crippen LogP contribution < -0.4 is 5.69 Å². The molecule has 0 aliphatic heterocycles. The fourth-order valence-electron chi connectivity index (χ4n) is 5.29. The van der Waals surface area contributed by atoms with Crippen LogP contribution in [0.2, 0.25) is 0 Å². The Kier molecular flexibility index (Phi) is 4.77. The highest BCUT2D eigenvalue weighted by Gasteiger charge is 2.18. The average Bonchev–Trinajstić information content (AvgIpc) is 3.56. The van der Waals surface area contributed by atoms with E-state index < -0.39 is 0 Å². The highest BCUT2D eigenvalue weighted by atomic mass is 32.1. The van der Waals surface area contributed by atoms with Gasteiger partial charge in [-0.1, -0.05) is 96.3 Å². The second kappa shape index (κ2) is 8.48. The lowest BCUT2D eigenvalue weighted by Gasteiger charge is -2.06. The van der Waals surface area contributed by atoms with Crippen LogP contribution in [0.25, 0.3) is 70.8 Å². The van der Waals surface area contributed by atoms with E-state index in [2.05, 4.69) is 65.6 Å². The first-order chi connectivity index (χ1) is 19.2. The standard InChI is InChI=1S/C33H19N3O2S/c37-32-34-31(35-33-36(32)26-10-4-5-12-29(26)39-33)24-9-6-11-28-30(24)25-19-23(17-18-27(25)38-28)22-15-13-21(14-16-22)20-7-2-1-3-8-20/h1-19H. The second-order valence-corrected chi connectivity index (χ2v) is 10.5. The number of nitrogens with zero attached hydrogens (tertiary/aromatic N) is 3. The maximum Gasteiger partial charge on any atom is 0.356 e. The molecule has 3 heterocycles. The number of benzene rings is 5. The van der Waals surface area contributed by atoms with Gasteiger partial charge in [-0.25, -0.2) is 9.20 Å². The molecule has 0 amide bonds. The summed E-state index contributed by atoms with van der Waals surface area (Å²) in [5.74, 6) is 0.400. The van der Waals surface area contributed by atoms with Crippen LogP contribution in [0, 0.1) is 0 Å². The van der Waals surface area contributed by atoms with Gasteiger partial charge in [0.05, 0.1) is 10.2 Å². The Balaban J connectivity index is 1.29. The van der Waals surface area contributed by atoms with Gasteiger partial charge in [-0.3, -0.25) is 0 Å². The molecule has 0 spiro atoms. The third-order valence-corrected chi connectivity index (χ3v) is 8.18. The number of fused-ring (bicyclic) bond motifs is 6. The van der Waals surface area contributed by atoms with Crippen molar-refractivity contribution in [1.29, 1.82) is 0 Å². The summed E-state index contributed by atoms with van der Waals surface area (Å²) in [6.45, 7) is 0. The van der Waals surface area contributed by atoms with Gasteiger partial charge in [-0.05, 0) is 52.6 Å². The Morgan fingerprint density at radius 1 is 0.641 bits per heavy atom. The van der Waals surface area contributed by atoms with Crippen molar-refractivity contribution < 1.29 is 4.42 Å². The third kappa shape index (κ3) is 3.50. The quantitative estimate of drug-likeness (QED) is 0.235. The topological polar surface area (TPSA) is 60.4 Å². The predicted octanol–water partition coefficient (Wildman–Crippen LogP) is 8.20. The summed E-state index contributed by atoms with van der Waals surface area (Å²) in [5.41, 5.74) is 7.35. The number of thiazole rings is 1. The Labute approximate surface area is 226 Å². The van der Waals surface area contributed by atoms with Gasteiger partial charge in [0.2, 0.25) is 4.96 Å². The normalized spacial score (nSPS) is 11.7. The molecule has 8 aromatic rings. The highest BCUT2D eigenvalue weighted by Crippen LogP contribution is 2.38. The minimum Gasteiger partial charge on any atom is -0.456 e. The van der Waals surface area contributed by atoms with Gasteiger partial charge in [0.15, 0.2) is 5.82 Å². The first kappa shape index (κ1) is 22.0. The fourth-order valence-corrected chi connectivity index (χ4v) is 6.30. The molecule has 0 atom stereocenters. The number of hydrogen-bond acceptors (Lipinski definition) is 5. The molecule has 0 saturated heterocycles. The van der Waals surface area contributed by atoms with Crippen LogP contribution in [0.15, 0.2) is 124 Å². The predicted molar refractivity (Wildman–Crippen MR) is 158 cm³/mol. The zero-order valence-corrected chi connectivity index (χ0v) is 21.4. The highest BCUT2D eigenvalue weighted by molar-refractivity contribution is 7.23. The summed E-state index contributed by atoms with van der Waals surface area (Å²) >= 11 is 1.48. The SMILES string of the molecule is O=c1nc(-c2cccc3oc4ccc(-c5ccc(-c6ccccc6)cc5)cc4c23)nc2sc3ccccc3n12. The van der Waals surface area contributed by atoms with E-state index >= 15 is 0 Å². The van der Waals surface area contributed by atoms with Crippen molar-refractivity contribution in [3.8, 4) is 33.6 Å². The monoisotopic (exact) mass is 521 g/mol. The zero-order valence-electron chi connectivity index (χ0n) is 20.5. The van der Waals surface area contributed by atoms with Crippen molar-refractivity contribution in [3.63, 3.8) is 0 Å². The Hall–Kier alpha value is -5.07. The van der Waals surface area contributed by atoms with E-state index in [4.69, 9.17) is 9.40 Å². The van der Waals surface area contributed by atoms with Gasteiger partial charge < -0.3 is 4.42 Å². The molecule has 184 valence electrons. The lowest BCUT2D eigenvalue weighted by atomic mass is 9.98. The lowest BCUT2D eigenvalue weighted by Crippen LogP contribution is -2.17. The molecule has 0 N–H and O–H groups in total. The number of hydrogen-bond donors (Lipinski definition) is 0. The van der Waals surface area contributed by atoms with E-state index in [0.717, 1.165) is 48.8 Å². The maximum absolute atomic E-state index is 13.2. The van der Waals surface area contributed by atoms with Crippen LogP contribution in [-0.4, -0.2) is 14.4 Å². The molecule has 5 aromatic carbocycles. The Morgan fingerprint density at radius 3 is 2.21 bits per heavy atom. The fraction of sp³-hybridized carbons (Fsp3) is 0. The van der Waals surface area contributed by atoms with E-state index in [1.807, 2.05) is 54.6 Å². The molecule has 5 nitrogen and oxygen atoms in total. The van der Waals surface area contributed by atoms with E-state index in [1.54, 1.807) is 4.40 Å². The molecule has 0 unspecified atom stereocenters. The third-order valence-electron chi connectivity index (χ3n) is 7.15. The van der Waals surface area contributed by atoms with E-state index in [-0.39, 0.29) is 5.69 Å². The van der Waals surface area contributed by atoms with Crippen LogP contribution in [0.1, 0.15) is 0 Å². The van der Waals surface area contributed by atoms with Crippen LogP contribution in [-0.2, 0) is 0 Å². The molecule has 6 heteroatoms. The molecule has 8 rings (SSSR count). The molecule has 0 radical (unpaired) electrons. The summed E-state index contributed by atoms with van der Waals surface area (Å²) in [4.78, 5) is 23.0. The maximum atomic E-state index is 13.2. The Morgan fingerprint density at radius 2 is 1.36 bits per heavy atom. The van der Waals surface area contributed by atoms with Gasteiger partial charge >= 0.3 is 5.69 Å². The molecule has 0 aliphatic rings. The van der Waals surface area contributed by atoms with Crippen LogP contribution >= 0.6 is 11.3 Å². The van der Waals surface area contributed by atoms with Crippen LogP contribution in [0.5, 0.6) is 0 Å². The molecule has 3 aromatic heterocycles. The molecular weight excluding hydrogens is 502 g/mol. The van der Waals surface area contributed by atoms with Crippen LogP contribution in [0.4, 0.5) is 0 Å². The zero-order chi connectivity index (χ0) is 25.9. The summed E-state index contributed by atoms with van der Waals surface area (Å²) in [7, 11) is 0. The van der Waals surface area contributed by atoms with Gasteiger partial charge in [0, 0.05) is 16.3 Å². The van der Waals surface area contributed by atoms with Gasteiger partial charge in [0.1, 0.15) is 11.2 Å². The lowest BCUT2D eigenvalue weighted by molar-refractivity contribution is 0.669. The summed E-state index contributed by atoms with van der Waals surface area (Å²) < 4.78 is 8.79. The summed E-state index contributed by atoms with van der Waals surface area (Å²) in [6, 6.07) is 38.8. The molecule has 39 heavy (non-hydrogen) atoms. The largest absolute Gasteiger partial charge is 0.456 e. The van der Waals surface area contributed by atoms with Crippen molar-refractivity contribution in [2.45, 2.75) is 0 Å².